The highest BCUT2D eigenvalue weighted by molar-refractivity contribution is 9.10. The van der Waals surface area contributed by atoms with Gasteiger partial charge in [-0.3, -0.25) is 0 Å². The molecule has 0 aliphatic carbocycles. The van der Waals surface area contributed by atoms with Crippen molar-refractivity contribution in [3.63, 3.8) is 0 Å². The molecule has 1 nitrogen and oxygen atoms in total. The van der Waals surface area contributed by atoms with Gasteiger partial charge in [-0.1, -0.05) is 32.4 Å². The van der Waals surface area contributed by atoms with Gasteiger partial charge in [0.05, 0.1) is 5.02 Å². The van der Waals surface area contributed by atoms with Crippen molar-refractivity contribution in [2.45, 2.75) is 32.7 Å². The van der Waals surface area contributed by atoms with Gasteiger partial charge in [-0.2, -0.15) is 0 Å². The molecule has 0 saturated heterocycles. The van der Waals surface area contributed by atoms with Crippen LogP contribution in [-0.2, 0) is 12.0 Å². The number of hydrogen-bond acceptors (Lipinski definition) is 2. The van der Waals surface area contributed by atoms with Gasteiger partial charge in [0.1, 0.15) is 0 Å². The second kappa shape index (κ2) is 5.86. The van der Waals surface area contributed by atoms with Gasteiger partial charge < -0.3 is 5.32 Å². The Morgan fingerprint density at radius 2 is 1.95 bits per heavy atom. The van der Waals surface area contributed by atoms with Crippen LogP contribution in [0.15, 0.2) is 34.8 Å². The molecular formula is C15H17BrClNS. The van der Waals surface area contributed by atoms with E-state index in [-0.39, 0.29) is 5.41 Å². The van der Waals surface area contributed by atoms with Crippen LogP contribution in [0.25, 0.3) is 0 Å². The fraction of sp³-hybridized carbons (Fsp3) is 0.333. The van der Waals surface area contributed by atoms with Crippen LogP contribution in [0.3, 0.4) is 0 Å². The fourth-order valence-corrected chi connectivity index (χ4v) is 3.17. The van der Waals surface area contributed by atoms with E-state index in [9.17, 15) is 0 Å². The first-order valence-corrected chi connectivity index (χ1v) is 8.13. The summed E-state index contributed by atoms with van der Waals surface area (Å²) in [7, 11) is 0. The predicted octanol–water partition coefficient (Wildman–Crippen LogP) is 6.07. The lowest BCUT2D eigenvalue weighted by molar-refractivity contribution is 0.604. The molecule has 0 unspecified atom stereocenters. The summed E-state index contributed by atoms with van der Waals surface area (Å²) in [5, 5.41) is 4.15. The van der Waals surface area contributed by atoms with Gasteiger partial charge in [-0.05, 0) is 51.7 Å². The average molecular weight is 359 g/mol. The first-order chi connectivity index (χ1) is 8.86. The summed E-state index contributed by atoms with van der Waals surface area (Å²) in [5.41, 5.74) is 1.30. The Bertz CT molecular complexity index is 572. The fourth-order valence-electron chi connectivity index (χ4n) is 1.67. The summed E-state index contributed by atoms with van der Waals surface area (Å²) in [6.07, 6.45) is 0. The lowest BCUT2D eigenvalue weighted by Crippen LogP contribution is -2.07. The molecule has 0 atom stereocenters. The maximum atomic E-state index is 5.98. The number of anilines is 1. The summed E-state index contributed by atoms with van der Waals surface area (Å²) in [6, 6.07) is 10.3. The SMILES string of the molecule is CC(C)(C)c1ccc(CNc2ccc(Cl)c(Br)c2)s1. The minimum atomic E-state index is 0.228. The zero-order chi connectivity index (χ0) is 14.0. The summed E-state index contributed by atoms with van der Waals surface area (Å²) in [6.45, 7) is 7.57. The molecule has 1 aromatic heterocycles. The Balaban J connectivity index is 2.02. The van der Waals surface area contributed by atoms with Crippen molar-refractivity contribution in [3.05, 3.63) is 49.6 Å². The largest absolute Gasteiger partial charge is 0.380 e. The van der Waals surface area contributed by atoms with Crippen LogP contribution in [-0.4, -0.2) is 0 Å². The minimum Gasteiger partial charge on any atom is -0.380 e. The molecule has 2 aromatic rings. The van der Waals surface area contributed by atoms with E-state index >= 15 is 0 Å². The molecule has 1 heterocycles. The minimum absolute atomic E-state index is 0.228. The molecule has 2 rings (SSSR count). The molecule has 0 fully saturated rings. The molecule has 4 heteroatoms. The van der Waals surface area contributed by atoms with Crippen molar-refractivity contribution in [1.29, 1.82) is 0 Å². The van der Waals surface area contributed by atoms with Gasteiger partial charge in [-0.15, -0.1) is 11.3 Å². The number of halogens is 2. The highest BCUT2D eigenvalue weighted by atomic mass is 79.9. The van der Waals surface area contributed by atoms with Crippen molar-refractivity contribution in [2.24, 2.45) is 0 Å². The topological polar surface area (TPSA) is 12.0 Å². The van der Waals surface area contributed by atoms with Crippen LogP contribution in [0.1, 0.15) is 30.5 Å². The molecular weight excluding hydrogens is 342 g/mol. The van der Waals surface area contributed by atoms with Crippen LogP contribution in [0, 0.1) is 0 Å². The van der Waals surface area contributed by atoms with Crippen LogP contribution in [0.4, 0.5) is 5.69 Å². The quantitative estimate of drug-likeness (QED) is 0.701. The molecule has 0 aliphatic rings. The molecule has 0 radical (unpaired) electrons. The lowest BCUT2D eigenvalue weighted by Gasteiger charge is -2.15. The average Bonchev–Trinajstić information content (AvgIpc) is 2.79. The lowest BCUT2D eigenvalue weighted by atomic mass is 9.95. The first kappa shape index (κ1) is 14.9. The van der Waals surface area contributed by atoms with Gasteiger partial charge in [0.15, 0.2) is 0 Å². The molecule has 0 spiro atoms. The van der Waals surface area contributed by atoms with Gasteiger partial charge in [0.25, 0.3) is 0 Å². The molecule has 19 heavy (non-hydrogen) atoms. The summed E-state index contributed by atoms with van der Waals surface area (Å²) >= 11 is 11.3. The van der Waals surface area contributed by atoms with E-state index in [1.807, 2.05) is 29.5 Å². The molecule has 1 N–H and O–H groups in total. The number of nitrogens with one attached hydrogen (secondary N) is 1. The Labute approximate surface area is 132 Å². The molecule has 0 bridgehead atoms. The predicted molar refractivity (Wildman–Crippen MR) is 89.5 cm³/mol. The van der Waals surface area contributed by atoms with Crippen molar-refractivity contribution < 1.29 is 0 Å². The second-order valence-corrected chi connectivity index (χ2v) is 7.93. The maximum absolute atomic E-state index is 5.98. The molecule has 1 aromatic carbocycles. The number of hydrogen-bond donors (Lipinski definition) is 1. The van der Waals surface area contributed by atoms with Crippen LogP contribution >= 0.6 is 38.9 Å². The standard InChI is InChI=1S/C15H17BrClNS/c1-15(2,3)14-7-5-11(19-14)9-18-10-4-6-13(17)12(16)8-10/h4-8,18H,9H2,1-3H3. The summed E-state index contributed by atoms with van der Waals surface area (Å²) in [4.78, 5) is 2.76. The van der Waals surface area contributed by atoms with Gasteiger partial charge >= 0.3 is 0 Å². The van der Waals surface area contributed by atoms with Gasteiger partial charge in [0, 0.05) is 26.5 Å². The van der Waals surface area contributed by atoms with Crippen molar-refractivity contribution >= 4 is 44.6 Å². The van der Waals surface area contributed by atoms with E-state index in [1.54, 1.807) is 0 Å². The Morgan fingerprint density at radius 1 is 1.21 bits per heavy atom. The van der Waals surface area contributed by atoms with Crippen LogP contribution < -0.4 is 5.32 Å². The summed E-state index contributed by atoms with van der Waals surface area (Å²) < 4.78 is 0.917. The van der Waals surface area contributed by atoms with E-state index in [0.717, 1.165) is 21.7 Å². The summed E-state index contributed by atoms with van der Waals surface area (Å²) in [5.74, 6) is 0. The number of rotatable bonds is 3. The molecule has 0 saturated carbocycles. The maximum Gasteiger partial charge on any atom is 0.0549 e. The Hall–Kier alpha value is -0.510. The number of thiophene rings is 1. The van der Waals surface area contributed by atoms with Gasteiger partial charge in [-0.25, -0.2) is 0 Å². The normalized spacial score (nSPS) is 11.6. The second-order valence-electron chi connectivity index (χ2n) is 5.50. The van der Waals surface area contributed by atoms with Crippen molar-refractivity contribution in [2.75, 3.05) is 5.32 Å². The first-order valence-electron chi connectivity index (χ1n) is 6.14. The monoisotopic (exact) mass is 357 g/mol. The van der Waals surface area contributed by atoms with Crippen LogP contribution in [0.5, 0.6) is 0 Å². The Morgan fingerprint density at radius 3 is 2.53 bits per heavy atom. The highest BCUT2D eigenvalue weighted by Crippen LogP contribution is 2.30. The van der Waals surface area contributed by atoms with E-state index < -0.39 is 0 Å². The van der Waals surface area contributed by atoms with E-state index in [2.05, 4.69) is 54.2 Å². The van der Waals surface area contributed by atoms with Crippen molar-refractivity contribution in [3.8, 4) is 0 Å². The number of benzene rings is 1. The molecule has 102 valence electrons. The molecule has 0 amide bonds. The highest BCUT2D eigenvalue weighted by Gasteiger charge is 2.15. The smallest absolute Gasteiger partial charge is 0.0549 e. The van der Waals surface area contributed by atoms with Crippen molar-refractivity contribution in [1.82, 2.24) is 0 Å². The third-order valence-corrected chi connectivity index (χ3v) is 5.51. The van der Waals surface area contributed by atoms with Crippen LogP contribution in [0.2, 0.25) is 5.02 Å². The van der Waals surface area contributed by atoms with E-state index in [1.165, 1.54) is 9.75 Å². The van der Waals surface area contributed by atoms with E-state index in [4.69, 9.17) is 11.6 Å². The Kier molecular flexibility index (Phi) is 4.59. The third-order valence-electron chi connectivity index (χ3n) is 2.79. The third kappa shape index (κ3) is 3.98. The zero-order valence-corrected chi connectivity index (χ0v) is 14.4. The van der Waals surface area contributed by atoms with Gasteiger partial charge in [0.2, 0.25) is 0 Å². The zero-order valence-electron chi connectivity index (χ0n) is 11.3. The van der Waals surface area contributed by atoms with E-state index in [0.29, 0.717) is 0 Å². The molecule has 0 aliphatic heterocycles.